The summed E-state index contributed by atoms with van der Waals surface area (Å²) in [5, 5.41) is 3.25. The van der Waals surface area contributed by atoms with E-state index < -0.39 is 10.1 Å². The van der Waals surface area contributed by atoms with Crippen molar-refractivity contribution < 1.29 is 17.4 Å². The standard InChI is InChI=1S/C15H16Cl2N2O4S/c1-8-6-18-15(19-9(2)20)13(8)10-4-5-12(16)11(14(10)17)7-23-24(3,21)22/h4-6,18H,7H2,1-3H3,(H,19,20). The van der Waals surface area contributed by atoms with E-state index in [4.69, 9.17) is 27.4 Å². The van der Waals surface area contributed by atoms with Crippen LogP contribution in [-0.4, -0.2) is 25.6 Å². The highest BCUT2D eigenvalue weighted by Gasteiger charge is 2.19. The largest absolute Gasteiger partial charge is 0.347 e. The van der Waals surface area contributed by atoms with Crippen molar-refractivity contribution in [2.75, 3.05) is 11.6 Å². The Labute approximate surface area is 150 Å². The molecule has 0 bridgehead atoms. The van der Waals surface area contributed by atoms with Crippen molar-refractivity contribution in [1.82, 2.24) is 4.98 Å². The minimum atomic E-state index is -3.64. The molecule has 0 saturated heterocycles. The third kappa shape index (κ3) is 4.30. The average Bonchev–Trinajstić information content (AvgIpc) is 2.78. The number of carbonyl (C=O) groups is 1. The molecule has 0 fully saturated rings. The van der Waals surface area contributed by atoms with Gasteiger partial charge in [-0.1, -0.05) is 29.3 Å². The SMILES string of the molecule is CC(=O)Nc1[nH]cc(C)c1-c1ccc(Cl)c(COS(C)(=O)=O)c1Cl. The maximum Gasteiger partial charge on any atom is 0.264 e. The molecule has 130 valence electrons. The van der Waals surface area contributed by atoms with Crippen LogP contribution in [0.2, 0.25) is 10.0 Å². The third-order valence-corrected chi connectivity index (χ3v) is 4.58. The monoisotopic (exact) mass is 390 g/mol. The van der Waals surface area contributed by atoms with Gasteiger partial charge in [0.15, 0.2) is 0 Å². The number of rotatable bonds is 5. The summed E-state index contributed by atoms with van der Waals surface area (Å²) in [6.07, 6.45) is 2.68. The molecule has 0 atom stereocenters. The van der Waals surface area contributed by atoms with Crippen LogP contribution in [0.4, 0.5) is 5.82 Å². The zero-order chi connectivity index (χ0) is 18.1. The van der Waals surface area contributed by atoms with Gasteiger partial charge >= 0.3 is 0 Å². The van der Waals surface area contributed by atoms with E-state index in [1.54, 1.807) is 18.3 Å². The van der Waals surface area contributed by atoms with E-state index in [1.165, 1.54) is 6.92 Å². The molecule has 0 saturated carbocycles. The van der Waals surface area contributed by atoms with Crippen molar-refractivity contribution in [3.05, 3.63) is 39.5 Å². The summed E-state index contributed by atoms with van der Waals surface area (Å²) in [5.41, 5.74) is 2.52. The molecule has 9 heteroatoms. The predicted octanol–water partition coefficient (Wildman–Crippen LogP) is 3.73. The lowest BCUT2D eigenvalue weighted by Gasteiger charge is -2.13. The maximum atomic E-state index is 11.4. The number of halogens is 2. The molecule has 0 unspecified atom stereocenters. The highest BCUT2D eigenvalue weighted by Crippen LogP contribution is 2.40. The lowest BCUT2D eigenvalue weighted by Crippen LogP contribution is -2.07. The third-order valence-electron chi connectivity index (χ3n) is 3.25. The fourth-order valence-corrected chi connectivity index (χ4v) is 3.14. The molecule has 0 spiro atoms. The van der Waals surface area contributed by atoms with Crippen LogP contribution < -0.4 is 5.32 Å². The van der Waals surface area contributed by atoms with Gasteiger partial charge in [-0.2, -0.15) is 8.42 Å². The van der Waals surface area contributed by atoms with Crippen molar-refractivity contribution in [3.63, 3.8) is 0 Å². The Hall–Kier alpha value is -1.54. The van der Waals surface area contributed by atoms with Gasteiger partial charge in [0.1, 0.15) is 5.82 Å². The van der Waals surface area contributed by atoms with Crippen LogP contribution in [0, 0.1) is 6.92 Å². The van der Waals surface area contributed by atoms with E-state index in [0.717, 1.165) is 11.8 Å². The molecule has 1 heterocycles. The Bertz CT molecular complexity index is 891. The Morgan fingerprint density at radius 1 is 1.33 bits per heavy atom. The molecule has 2 N–H and O–H groups in total. The van der Waals surface area contributed by atoms with Crippen molar-refractivity contribution in [1.29, 1.82) is 0 Å². The summed E-state index contributed by atoms with van der Waals surface area (Å²) in [5.74, 6) is 0.267. The second-order valence-corrected chi connectivity index (χ2v) is 7.69. The molecule has 1 amide bonds. The summed E-state index contributed by atoms with van der Waals surface area (Å²) in [6.45, 7) is 2.98. The lowest BCUT2D eigenvalue weighted by molar-refractivity contribution is -0.114. The van der Waals surface area contributed by atoms with Gasteiger partial charge in [0.25, 0.3) is 10.1 Å². The van der Waals surface area contributed by atoms with Crippen molar-refractivity contribution in [3.8, 4) is 11.1 Å². The number of amides is 1. The van der Waals surface area contributed by atoms with E-state index in [9.17, 15) is 13.2 Å². The average molecular weight is 391 g/mol. The lowest BCUT2D eigenvalue weighted by atomic mass is 10.0. The number of carbonyl (C=O) groups excluding carboxylic acids is 1. The number of aryl methyl sites for hydroxylation is 1. The van der Waals surface area contributed by atoms with Crippen LogP contribution in [0.5, 0.6) is 0 Å². The van der Waals surface area contributed by atoms with E-state index in [0.29, 0.717) is 27.5 Å². The molecule has 24 heavy (non-hydrogen) atoms. The predicted molar refractivity (Wildman–Crippen MR) is 94.9 cm³/mol. The summed E-state index contributed by atoms with van der Waals surface area (Å²) < 4.78 is 27.2. The zero-order valence-electron chi connectivity index (χ0n) is 13.2. The highest BCUT2D eigenvalue weighted by atomic mass is 35.5. The number of H-pyrrole nitrogens is 1. The Morgan fingerprint density at radius 2 is 2.00 bits per heavy atom. The van der Waals surface area contributed by atoms with Crippen LogP contribution in [0.25, 0.3) is 11.1 Å². The first kappa shape index (κ1) is 18.8. The summed E-state index contributed by atoms with van der Waals surface area (Å²) >= 11 is 12.5. The van der Waals surface area contributed by atoms with Gasteiger partial charge in [-0.25, -0.2) is 0 Å². The van der Waals surface area contributed by atoms with Crippen molar-refractivity contribution >= 4 is 45.0 Å². The normalized spacial score (nSPS) is 11.5. The summed E-state index contributed by atoms with van der Waals surface area (Å²) in [6, 6.07) is 3.31. The fourth-order valence-electron chi connectivity index (χ4n) is 2.23. The Balaban J connectivity index is 2.53. The second-order valence-electron chi connectivity index (χ2n) is 5.26. The van der Waals surface area contributed by atoms with Crippen molar-refractivity contribution in [2.24, 2.45) is 0 Å². The molecular weight excluding hydrogens is 375 g/mol. The van der Waals surface area contributed by atoms with Crippen LogP contribution in [0.15, 0.2) is 18.3 Å². The van der Waals surface area contributed by atoms with Gasteiger partial charge in [0, 0.05) is 34.8 Å². The number of hydrogen-bond acceptors (Lipinski definition) is 4. The summed E-state index contributed by atoms with van der Waals surface area (Å²) in [7, 11) is -3.64. The van der Waals surface area contributed by atoms with Gasteiger partial charge in [-0.15, -0.1) is 0 Å². The van der Waals surface area contributed by atoms with Gasteiger partial charge in [0.2, 0.25) is 5.91 Å². The topological polar surface area (TPSA) is 88.3 Å². The maximum absolute atomic E-state index is 11.4. The van der Waals surface area contributed by atoms with E-state index in [-0.39, 0.29) is 17.5 Å². The minimum absolute atomic E-state index is 0.233. The summed E-state index contributed by atoms with van der Waals surface area (Å²) in [4.78, 5) is 14.3. The van der Waals surface area contributed by atoms with Gasteiger partial charge in [-0.05, 0) is 18.6 Å². The van der Waals surface area contributed by atoms with Crippen LogP contribution in [-0.2, 0) is 25.7 Å². The number of aromatic amines is 1. The molecular formula is C15H16Cl2N2O4S. The van der Waals surface area contributed by atoms with E-state index in [2.05, 4.69) is 10.3 Å². The van der Waals surface area contributed by atoms with Crippen molar-refractivity contribution in [2.45, 2.75) is 20.5 Å². The van der Waals surface area contributed by atoms with Crippen LogP contribution in [0.3, 0.4) is 0 Å². The quantitative estimate of drug-likeness (QED) is 0.761. The van der Waals surface area contributed by atoms with E-state index in [1.807, 2.05) is 6.92 Å². The minimum Gasteiger partial charge on any atom is -0.347 e. The van der Waals surface area contributed by atoms with Gasteiger partial charge in [0.05, 0.1) is 17.9 Å². The van der Waals surface area contributed by atoms with Gasteiger partial charge in [-0.3, -0.25) is 8.98 Å². The number of aromatic nitrogens is 1. The fraction of sp³-hybridized carbons (Fsp3) is 0.267. The molecule has 1 aromatic heterocycles. The molecule has 0 aliphatic heterocycles. The first-order valence-corrected chi connectivity index (χ1v) is 9.44. The van der Waals surface area contributed by atoms with Crippen LogP contribution in [0.1, 0.15) is 18.1 Å². The molecule has 0 aliphatic carbocycles. The molecule has 6 nitrogen and oxygen atoms in total. The van der Waals surface area contributed by atoms with E-state index >= 15 is 0 Å². The Kier molecular flexibility index (Phi) is 5.59. The second kappa shape index (κ2) is 7.14. The molecule has 2 rings (SSSR count). The first-order chi connectivity index (χ1) is 11.1. The highest BCUT2D eigenvalue weighted by molar-refractivity contribution is 7.85. The molecule has 0 aliphatic rings. The zero-order valence-corrected chi connectivity index (χ0v) is 15.6. The first-order valence-electron chi connectivity index (χ1n) is 6.87. The smallest absolute Gasteiger partial charge is 0.264 e. The molecule has 2 aromatic rings. The number of nitrogens with one attached hydrogen (secondary N) is 2. The number of hydrogen-bond donors (Lipinski definition) is 2. The van der Waals surface area contributed by atoms with Crippen LogP contribution >= 0.6 is 23.2 Å². The molecule has 0 radical (unpaired) electrons. The molecule has 1 aromatic carbocycles. The van der Waals surface area contributed by atoms with Gasteiger partial charge < -0.3 is 10.3 Å². The number of anilines is 1. The number of benzene rings is 1. The Morgan fingerprint density at radius 3 is 2.58 bits per heavy atom.